The number of carbonyl (C=O) groups excluding carboxylic acids is 1. The number of hydrogen-bond acceptors (Lipinski definition) is 3. The van der Waals surface area contributed by atoms with Gasteiger partial charge in [0.05, 0.1) is 7.11 Å². The third kappa shape index (κ3) is 5.51. The Labute approximate surface area is 156 Å². The van der Waals surface area contributed by atoms with Gasteiger partial charge < -0.3 is 14.8 Å². The first kappa shape index (κ1) is 19.8. The summed E-state index contributed by atoms with van der Waals surface area (Å²) in [6, 6.07) is 14.0. The lowest BCUT2D eigenvalue weighted by atomic mass is 9.98. The van der Waals surface area contributed by atoms with Crippen molar-refractivity contribution in [3.63, 3.8) is 0 Å². The molecule has 140 valence electrons. The summed E-state index contributed by atoms with van der Waals surface area (Å²) >= 11 is 0. The van der Waals surface area contributed by atoms with Gasteiger partial charge in [0, 0.05) is 6.54 Å². The fourth-order valence-corrected chi connectivity index (χ4v) is 2.87. The molecule has 0 saturated heterocycles. The highest BCUT2D eigenvalue weighted by atomic mass is 16.5. The van der Waals surface area contributed by atoms with Crippen molar-refractivity contribution in [3.8, 4) is 11.5 Å². The zero-order valence-electron chi connectivity index (χ0n) is 16.2. The molecule has 0 spiro atoms. The molecule has 0 saturated carbocycles. The largest absolute Gasteiger partial charge is 0.496 e. The van der Waals surface area contributed by atoms with Gasteiger partial charge in [-0.05, 0) is 48.9 Å². The highest BCUT2D eigenvalue weighted by molar-refractivity contribution is 5.77. The number of aryl methyl sites for hydroxylation is 1. The number of carbonyl (C=O) groups is 1. The summed E-state index contributed by atoms with van der Waals surface area (Å²) in [6.07, 6.45) is 1.75. The first-order chi connectivity index (χ1) is 12.5. The summed E-state index contributed by atoms with van der Waals surface area (Å²) in [5, 5.41) is 2.92. The van der Waals surface area contributed by atoms with Crippen LogP contribution in [0.4, 0.5) is 0 Å². The minimum Gasteiger partial charge on any atom is -0.496 e. The number of rotatable bonds is 9. The van der Waals surface area contributed by atoms with Gasteiger partial charge in [0.15, 0.2) is 6.61 Å². The van der Waals surface area contributed by atoms with Crippen LogP contribution < -0.4 is 14.8 Å². The molecule has 0 bridgehead atoms. The van der Waals surface area contributed by atoms with Gasteiger partial charge in [0.1, 0.15) is 11.5 Å². The molecule has 0 aromatic heterocycles. The fraction of sp³-hybridized carbons (Fsp3) is 0.409. The smallest absolute Gasteiger partial charge is 0.257 e. The first-order valence-electron chi connectivity index (χ1n) is 9.17. The van der Waals surface area contributed by atoms with Crippen LogP contribution in [0, 0.1) is 6.92 Å². The zero-order chi connectivity index (χ0) is 18.9. The molecule has 26 heavy (non-hydrogen) atoms. The van der Waals surface area contributed by atoms with E-state index in [0.717, 1.165) is 35.5 Å². The van der Waals surface area contributed by atoms with Gasteiger partial charge in [-0.2, -0.15) is 0 Å². The number of benzene rings is 2. The van der Waals surface area contributed by atoms with E-state index in [1.165, 1.54) is 5.56 Å². The molecule has 2 aromatic carbocycles. The van der Waals surface area contributed by atoms with Crippen molar-refractivity contribution in [2.75, 3.05) is 20.3 Å². The van der Waals surface area contributed by atoms with Gasteiger partial charge >= 0.3 is 0 Å². The molecule has 1 atom stereocenters. The lowest BCUT2D eigenvalue weighted by Crippen LogP contribution is -2.30. The van der Waals surface area contributed by atoms with Crippen LogP contribution in [0.3, 0.4) is 0 Å². The summed E-state index contributed by atoms with van der Waals surface area (Å²) < 4.78 is 11.1. The topological polar surface area (TPSA) is 47.6 Å². The van der Waals surface area contributed by atoms with Gasteiger partial charge in [-0.15, -0.1) is 0 Å². The van der Waals surface area contributed by atoms with Crippen LogP contribution in [0.5, 0.6) is 11.5 Å². The van der Waals surface area contributed by atoms with Crippen LogP contribution in [0.1, 0.15) is 42.9 Å². The van der Waals surface area contributed by atoms with E-state index in [4.69, 9.17) is 9.47 Å². The van der Waals surface area contributed by atoms with Crippen molar-refractivity contribution in [1.29, 1.82) is 0 Å². The lowest BCUT2D eigenvalue weighted by molar-refractivity contribution is -0.123. The van der Waals surface area contributed by atoms with E-state index in [2.05, 4.69) is 31.3 Å². The van der Waals surface area contributed by atoms with E-state index in [1.54, 1.807) is 7.11 Å². The Morgan fingerprint density at radius 2 is 1.92 bits per heavy atom. The quantitative estimate of drug-likeness (QED) is 0.731. The molecule has 2 rings (SSSR count). The van der Waals surface area contributed by atoms with Crippen LogP contribution >= 0.6 is 0 Å². The predicted molar refractivity (Wildman–Crippen MR) is 105 cm³/mol. The van der Waals surface area contributed by atoms with Crippen molar-refractivity contribution in [2.24, 2.45) is 0 Å². The van der Waals surface area contributed by atoms with Crippen LogP contribution in [0.25, 0.3) is 0 Å². The van der Waals surface area contributed by atoms with Crippen LogP contribution in [-0.2, 0) is 11.2 Å². The molecular formula is C22H29NO3. The maximum atomic E-state index is 12.1. The summed E-state index contributed by atoms with van der Waals surface area (Å²) in [6.45, 7) is 6.93. The number of methoxy groups -OCH3 is 1. The number of para-hydroxylation sites is 1. The minimum absolute atomic E-state index is 0.0262. The molecule has 2 aromatic rings. The molecule has 0 radical (unpaired) electrons. The lowest BCUT2D eigenvalue weighted by Gasteiger charge is -2.15. The molecule has 0 fully saturated rings. The Morgan fingerprint density at radius 1 is 1.15 bits per heavy atom. The summed E-state index contributed by atoms with van der Waals surface area (Å²) in [7, 11) is 1.66. The molecule has 1 N–H and O–H groups in total. The molecular weight excluding hydrogens is 326 g/mol. The molecule has 1 unspecified atom stereocenters. The highest BCUT2D eigenvalue weighted by Crippen LogP contribution is 2.28. The summed E-state index contributed by atoms with van der Waals surface area (Å²) in [5.41, 5.74) is 3.42. The maximum Gasteiger partial charge on any atom is 0.257 e. The Bertz CT molecular complexity index is 727. The van der Waals surface area contributed by atoms with Gasteiger partial charge in [0.2, 0.25) is 0 Å². The molecule has 0 aliphatic carbocycles. The Morgan fingerprint density at radius 3 is 2.65 bits per heavy atom. The fourth-order valence-electron chi connectivity index (χ4n) is 2.87. The highest BCUT2D eigenvalue weighted by Gasteiger charge is 2.11. The third-order valence-electron chi connectivity index (χ3n) is 4.57. The molecule has 0 heterocycles. The van der Waals surface area contributed by atoms with Gasteiger partial charge in [-0.1, -0.05) is 49.7 Å². The van der Waals surface area contributed by atoms with Crippen molar-refractivity contribution < 1.29 is 14.3 Å². The molecule has 0 aliphatic rings. The third-order valence-corrected chi connectivity index (χ3v) is 4.57. The van der Waals surface area contributed by atoms with Gasteiger partial charge in [-0.3, -0.25) is 4.79 Å². The molecule has 0 aliphatic heterocycles. The van der Waals surface area contributed by atoms with Crippen molar-refractivity contribution in [3.05, 3.63) is 59.2 Å². The van der Waals surface area contributed by atoms with E-state index < -0.39 is 0 Å². The van der Waals surface area contributed by atoms with Crippen LogP contribution in [0.15, 0.2) is 42.5 Å². The average Bonchev–Trinajstić information content (AvgIpc) is 2.66. The normalized spacial score (nSPS) is 11.7. The second-order valence-corrected chi connectivity index (χ2v) is 6.55. The van der Waals surface area contributed by atoms with E-state index in [9.17, 15) is 4.79 Å². The first-order valence-corrected chi connectivity index (χ1v) is 9.17. The Balaban J connectivity index is 1.84. The van der Waals surface area contributed by atoms with Crippen molar-refractivity contribution in [2.45, 2.75) is 39.5 Å². The average molecular weight is 355 g/mol. The van der Waals surface area contributed by atoms with Crippen molar-refractivity contribution >= 4 is 5.91 Å². The maximum absolute atomic E-state index is 12.1. The summed E-state index contributed by atoms with van der Waals surface area (Å²) in [4.78, 5) is 12.1. The summed E-state index contributed by atoms with van der Waals surface area (Å²) in [5.74, 6) is 1.93. The molecule has 4 heteroatoms. The number of amides is 1. The predicted octanol–water partition coefficient (Wildman–Crippen LogP) is 4.25. The van der Waals surface area contributed by atoms with Gasteiger partial charge in [-0.25, -0.2) is 0 Å². The Hall–Kier alpha value is -2.49. The van der Waals surface area contributed by atoms with Crippen molar-refractivity contribution in [1.82, 2.24) is 5.32 Å². The van der Waals surface area contributed by atoms with Crippen LogP contribution in [-0.4, -0.2) is 26.2 Å². The van der Waals surface area contributed by atoms with E-state index in [1.807, 2.05) is 37.3 Å². The Kier molecular flexibility index (Phi) is 7.52. The van der Waals surface area contributed by atoms with E-state index >= 15 is 0 Å². The minimum atomic E-state index is -0.115. The number of hydrogen-bond donors (Lipinski definition) is 1. The van der Waals surface area contributed by atoms with Crippen LogP contribution in [0.2, 0.25) is 0 Å². The standard InChI is InChI=1S/C22H29NO3/c1-5-17(3)19-8-6-7-9-21(19)26-15-22(24)23-13-12-18-14-16(2)10-11-20(18)25-4/h6-11,14,17H,5,12-13,15H2,1-4H3,(H,23,24). The van der Waals surface area contributed by atoms with E-state index in [0.29, 0.717) is 12.5 Å². The zero-order valence-corrected chi connectivity index (χ0v) is 16.2. The SMILES string of the molecule is CCC(C)c1ccccc1OCC(=O)NCCc1cc(C)ccc1OC. The van der Waals surface area contributed by atoms with Gasteiger partial charge in [0.25, 0.3) is 5.91 Å². The van der Waals surface area contributed by atoms with E-state index in [-0.39, 0.29) is 12.5 Å². The second-order valence-electron chi connectivity index (χ2n) is 6.55. The number of ether oxygens (including phenoxy) is 2. The second kappa shape index (κ2) is 9.85. The monoisotopic (exact) mass is 355 g/mol. The molecule has 1 amide bonds. The number of nitrogens with one attached hydrogen (secondary N) is 1. The molecule has 4 nitrogen and oxygen atoms in total.